The van der Waals surface area contributed by atoms with Crippen molar-refractivity contribution in [3.63, 3.8) is 0 Å². The summed E-state index contributed by atoms with van der Waals surface area (Å²) in [7, 11) is 0. The van der Waals surface area contributed by atoms with E-state index in [0.717, 1.165) is 0 Å². The molecule has 0 aromatic carbocycles. The number of primary amides is 1. The minimum atomic E-state index is -0.827. The lowest BCUT2D eigenvalue weighted by molar-refractivity contribution is -0.793. The summed E-state index contributed by atoms with van der Waals surface area (Å²) < 4.78 is 4.29. The molecular weight excluding hydrogens is 200 g/mol. The molecule has 2 aromatic rings. The van der Waals surface area contributed by atoms with Crippen molar-refractivity contribution in [2.75, 3.05) is 0 Å². The number of pyridine rings is 1. The number of hydrogen-bond acceptors (Lipinski definition) is 5. The van der Waals surface area contributed by atoms with Gasteiger partial charge in [-0.3, -0.25) is 14.4 Å². The van der Waals surface area contributed by atoms with Gasteiger partial charge in [0.15, 0.2) is 0 Å². The molecule has 76 valence electrons. The van der Waals surface area contributed by atoms with Crippen LogP contribution in [0.1, 0.15) is 10.5 Å². The standard InChI is InChI=1S/C8H6N4O3/c9-8(13)6-7(12(14)15-11-6)5-2-1-3-10-4-5/h1-4H,(H2,9,13). The van der Waals surface area contributed by atoms with Gasteiger partial charge >= 0.3 is 5.69 Å². The van der Waals surface area contributed by atoms with E-state index in [4.69, 9.17) is 5.73 Å². The van der Waals surface area contributed by atoms with E-state index in [9.17, 15) is 10.0 Å². The third kappa shape index (κ3) is 1.50. The molecule has 0 radical (unpaired) electrons. The highest BCUT2D eigenvalue weighted by Gasteiger charge is 2.25. The summed E-state index contributed by atoms with van der Waals surface area (Å²) in [4.78, 5) is 14.9. The van der Waals surface area contributed by atoms with E-state index in [2.05, 4.69) is 14.8 Å². The van der Waals surface area contributed by atoms with Gasteiger partial charge in [0.25, 0.3) is 5.91 Å². The van der Waals surface area contributed by atoms with Gasteiger partial charge < -0.3 is 10.9 Å². The molecule has 0 saturated heterocycles. The van der Waals surface area contributed by atoms with Gasteiger partial charge in [0, 0.05) is 18.0 Å². The fourth-order valence-electron chi connectivity index (χ4n) is 1.16. The summed E-state index contributed by atoms with van der Waals surface area (Å²) in [6.45, 7) is 0. The van der Waals surface area contributed by atoms with E-state index >= 15 is 0 Å². The van der Waals surface area contributed by atoms with Crippen molar-refractivity contribution >= 4 is 5.91 Å². The van der Waals surface area contributed by atoms with Crippen LogP contribution in [0.5, 0.6) is 0 Å². The lowest BCUT2D eigenvalue weighted by Crippen LogP contribution is -2.27. The molecule has 0 bridgehead atoms. The van der Waals surface area contributed by atoms with E-state index in [1.807, 2.05) is 0 Å². The fraction of sp³-hybridized carbons (Fsp3) is 0. The molecule has 0 saturated carbocycles. The highest BCUT2D eigenvalue weighted by atomic mass is 16.8. The van der Waals surface area contributed by atoms with Gasteiger partial charge in [0.1, 0.15) is 0 Å². The maximum Gasteiger partial charge on any atom is 0.313 e. The Bertz CT molecular complexity index is 494. The Balaban J connectivity index is 2.62. The van der Waals surface area contributed by atoms with Gasteiger partial charge in [-0.15, -0.1) is 0 Å². The Morgan fingerprint density at radius 3 is 3.00 bits per heavy atom. The highest BCUT2D eigenvalue weighted by Crippen LogP contribution is 2.16. The maximum absolute atomic E-state index is 11.2. The van der Waals surface area contributed by atoms with Gasteiger partial charge in [-0.25, -0.2) is 0 Å². The SMILES string of the molecule is NC(=O)c1no[n+]([O-])c1-c1cccnc1. The Labute approximate surface area is 83.7 Å². The van der Waals surface area contributed by atoms with Gasteiger partial charge in [-0.1, -0.05) is 0 Å². The van der Waals surface area contributed by atoms with Crippen molar-refractivity contribution in [2.45, 2.75) is 0 Å². The molecule has 0 aliphatic heterocycles. The summed E-state index contributed by atoms with van der Waals surface area (Å²) in [6, 6.07) is 3.22. The van der Waals surface area contributed by atoms with Gasteiger partial charge in [-0.05, 0) is 17.0 Å². The highest BCUT2D eigenvalue weighted by molar-refractivity contribution is 5.95. The number of hydrogen-bond donors (Lipinski definition) is 1. The molecule has 2 N–H and O–H groups in total. The zero-order chi connectivity index (χ0) is 10.8. The van der Waals surface area contributed by atoms with Crippen LogP contribution >= 0.6 is 0 Å². The number of amides is 1. The number of carbonyl (C=O) groups excluding carboxylic acids is 1. The first-order valence-corrected chi connectivity index (χ1v) is 4.00. The zero-order valence-corrected chi connectivity index (χ0v) is 7.45. The monoisotopic (exact) mass is 206 g/mol. The molecule has 0 spiro atoms. The molecular formula is C8H6N4O3. The number of rotatable bonds is 2. The predicted octanol–water partition coefficient (Wildman–Crippen LogP) is -0.531. The molecule has 1 amide bonds. The van der Waals surface area contributed by atoms with Crippen LogP contribution in [0.4, 0.5) is 0 Å². The van der Waals surface area contributed by atoms with Crippen molar-refractivity contribution in [3.05, 3.63) is 35.4 Å². The van der Waals surface area contributed by atoms with E-state index in [0.29, 0.717) is 5.56 Å². The fourth-order valence-corrected chi connectivity index (χ4v) is 1.16. The molecule has 0 aliphatic carbocycles. The number of nitrogens with zero attached hydrogens (tertiary/aromatic N) is 3. The predicted molar refractivity (Wildman–Crippen MR) is 47.2 cm³/mol. The van der Waals surface area contributed by atoms with Crippen molar-refractivity contribution in [1.29, 1.82) is 0 Å². The lowest BCUT2D eigenvalue weighted by atomic mass is 10.1. The van der Waals surface area contributed by atoms with Gasteiger partial charge in [-0.2, -0.15) is 0 Å². The van der Waals surface area contributed by atoms with Gasteiger partial charge in [0.05, 0.1) is 5.16 Å². The van der Waals surface area contributed by atoms with Crippen LogP contribution in [0, 0.1) is 5.21 Å². The number of aromatic nitrogens is 3. The van der Waals surface area contributed by atoms with Crippen molar-refractivity contribution in [1.82, 2.24) is 10.1 Å². The number of nitrogens with two attached hydrogens (primary N) is 1. The van der Waals surface area contributed by atoms with E-state index in [1.54, 1.807) is 12.1 Å². The summed E-state index contributed by atoms with van der Waals surface area (Å²) in [5.74, 6) is -0.827. The van der Waals surface area contributed by atoms with Crippen LogP contribution in [0.2, 0.25) is 0 Å². The summed E-state index contributed by atoms with van der Waals surface area (Å²) >= 11 is 0. The molecule has 7 heteroatoms. The molecule has 15 heavy (non-hydrogen) atoms. The smallest absolute Gasteiger partial charge is 0.313 e. The van der Waals surface area contributed by atoms with E-state index in [1.165, 1.54) is 12.4 Å². The van der Waals surface area contributed by atoms with Crippen LogP contribution in [0.3, 0.4) is 0 Å². The molecule has 0 unspecified atom stereocenters. The second-order valence-corrected chi connectivity index (χ2v) is 2.73. The number of carbonyl (C=O) groups is 1. The largest absolute Gasteiger partial charge is 0.362 e. The Morgan fingerprint density at radius 1 is 1.60 bits per heavy atom. The van der Waals surface area contributed by atoms with Crippen molar-refractivity contribution < 1.29 is 14.3 Å². The molecule has 2 aromatic heterocycles. The van der Waals surface area contributed by atoms with E-state index in [-0.39, 0.29) is 16.3 Å². The zero-order valence-electron chi connectivity index (χ0n) is 7.45. The topological polar surface area (TPSA) is 109 Å². The van der Waals surface area contributed by atoms with Crippen molar-refractivity contribution in [2.24, 2.45) is 5.73 Å². The average Bonchev–Trinajstić information content (AvgIpc) is 2.61. The van der Waals surface area contributed by atoms with Crippen LogP contribution < -0.4 is 10.6 Å². The molecule has 2 heterocycles. The van der Waals surface area contributed by atoms with Crippen LogP contribution in [0.15, 0.2) is 29.2 Å². The lowest BCUT2D eigenvalue weighted by Gasteiger charge is -1.95. The first kappa shape index (κ1) is 9.13. The van der Waals surface area contributed by atoms with E-state index < -0.39 is 5.91 Å². The molecule has 2 rings (SSSR count). The minimum absolute atomic E-state index is 0.0319. The van der Waals surface area contributed by atoms with Crippen LogP contribution in [-0.4, -0.2) is 16.0 Å². The third-order valence-electron chi connectivity index (χ3n) is 1.78. The van der Waals surface area contributed by atoms with Gasteiger partial charge in [0.2, 0.25) is 5.69 Å². The minimum Gasteiger partial charge on any atom is -0.362 e. The molecule has 0 fully saturated rings. The molecule has 0 aliphatic rings. The second kappa shape index (κ2) is 3.37. The van der Waals surface area contributed by atoms with Crippen LogP contribution in [0.25, 0.3) is 11.3 Å². The Kier molecular flexibility index (Phi) is 2.05. The second-order valence-electron chi connectivity index (χ2n) is 2.73. The van der Waals surface area contributed by atoms with Crippen LogP contribution in [-0.2, 0) is 0 Å². The quantitative estimate of drug-likeness (QED) is 0.664. The third-order valence-corrected chi connectivity index (χ3v) is 1.78. The first-order valence-electron chi connectivity index (χ1n) is 4.00. The molecule has 7 nitrogen and oxygen atoms in total. The van der Waals surface area contributed by atoms with Crippen molar-refractivity contribution in [3.8, 4) is 11.3 Å². The first-order chi connectivity index (χ1) is 7.20. The Hall–Kier alpha value is -2.44. The summed E-state index contributed by atoms with van der Waals surface area (Å²) in [5.41, 5.74) is 5.21. The normalized spacial score (nSPS) is 10.1. The molecule has 0 atom stereocenters. The Morgan fingerprint density at radius 2 is 2.40 bits per heavy atom. The summed E-state index contributed by atoms with van der Waals surface area (Å²) in [5, 5.41) is 14.5. The maximum atomic E-state index is 11.2. The average molecular weight is 206 g/mol. The summed E-state index contributed by atoms with van der Waals surface area (Å²) in [6.07, 6.45) is 2.95.